The molecular formula is C33H37N3O4S. The minimum Gasteiger partial charge on any atom is -0.493 e. The number of imide groups is 1. The smallest absolute Gasteiger partial charge is 0.261 e. The molecule has 1 aliphatic rings. The lowest BCUT2D eigenvalue weighted by Gasteiger charge is -2.21. The van der Waals surface area contributed by atoms with Gasteiger partial charge < -0.3 is 14.8 Å². The van der Waals surface area contributed by atoms with Crippen LogP contribution in [0, 0.1) is 6.92 Å². The first kappa shape index (κ1) is 28.6. The van der Waals surface area contributed by atoms with E-state index in [1.54, 1.807) is 31.4 Å². The number of amides is 2. The third-order valence-electron chi connectivity index (χ3n) is 7.55. The second-order valence-corrected chi connectivity index (χ2v) is 11.6. The van der Waals surface area contributed by atoms with E-state index in [2.05, 4.69) is 36.7 Å². The molecule has 0 spiro atoms. The molecule has 0 fully saturated rings. The third-order valence-corrected chi connectivity index (χ3v) is 8.49. The fourth-order valence-corrected chi connectivity index (χ4v) is 6.14. The quantitative estimate of drug-likeness (QED) is 0.127. The van der Waals surface area contributed by atoms with E-state index in [-0.39, 0.29) is 17.9 Å². The van der Waals surface area contributed by atoms with Crippen molar-refractivity contribution in [3.63, 3.8) is 0 Å². The van der Waals surface area contributed by atoms with Crippen LogP contribution in [-0.4, -0.2) is 48.0 Å². The number of hydrogen-bond acceptors (Lipinski definition) is 7. The van der Waals surface area contributed by atoms with Gasteiger partial charge in [0, 0.05) is 29.7 Å². The minimum atomic E-state index is -0.209. The van der Waals surface area contributed by atoms with Crippen molar-refractivity contribution in [2.24, 2.45) is 0 Å². The number of rotatable bonds is 14. The SMILES string of the molecule is COc1cc(NC(C)CCCN2C(=O)c3ccccc3C2=O)c2nccc(C)c2c1OCCCCCc1cccs1. The molecule has 4 aromatic rings. The molecule has 41 heavy (non-hydrogen) atoms. The second kappa shape index (κ2) is 13.2. The van der Waals surface area contributed by atoms with E-state index in [9.17, 15) is 9.59 Å². The maximum Gasteiger partial charge on any atom is 0.261 e. The van der Waals surface area contributed by atoms with E-state index in [0.717, 1.165) is 60.0 Å². The molecule has 8 heteroatoms. The highest BCUT2D eigenvalue weighted by atomic mass is 32.1. The number of thiophene rings is 1. The average molecular weight is 572 g/mol. The fourth-order valence-electron chi connectivity index (χ4n) is 5.38. The molecule has 1 unspecified atom stereocenters. The van der Waals surface area contributed by atoms with Crippen LogP contribution in [0.5, 0.6) is 11.5 Å². The predicted octanol–water partition coefficient (Wildman–Crippen LogP) is 7.28. The highest BCUT2D eigenvalue weighted by Crippen LogP contribution is 2.41. The standard InChI is InChI=1S/C33H37N3O4S/c1-22-16-17-34-30-27(35-23(2)11-9-18-36-32(37)25-14-6-7-15-26(25)33(36)38)21-28(39-3)31(29(22)30)40-19-8-4-5-12-24-13-10-20-41-24/h6-7,10,13-17,20-21,23,35H,4-5,8-9,11-12,18-19H2,1-3H3. The van der Waals surface area contributed by atoms with Gasteiger partial charge in [0.05, 0.1) is 41.4 Å². The van der Waals surface area contributed by atoms with Crippen molar-refractivity contribution in [3.05, 3.63) is 81.7 Å². The van der Waals surface area contributed by atoms with Gasteiger partial charge in [-0.15, -0.1) is 11.3 Å². The van der Waals surface area contributed by atoms with E-state index < -0.39 is 0 Å². The van der Waals surface area contributed by atoms with Gasteiger partial charge >= 0.3 is 0 Å². The molecule has 2 amide bonds. The molecule has 0 saturated heterocycles. The summed E-state index contributed by atoms with van der Waals surface area (Å²) >= 11 is 1.81. The Morgan fingerprint density at radius 1 is 1.00 bits per heavy atom. The first-order valence-corrected chi connectivity index (χ1v) is 15.2. The number of nitrogens with zero attached hydrogens (tertiary/aromatic N) is 2. The highest BCUT2D eigenvalue weighted by Gasteiger charge is 2.34. The van der Waals surface area contributed by atoms with Crippen LogP contribution in [0.15, 0.2) is 60.1 Å². The van der Waals surface area contributed by atoms with Crippen molar-refractivity contribution < 1.29 is 19.1 Å². The van der Waals surface area contributed by atoms with Gasteiger partial charge in [0.2, 0.25) is 0 Å². The van der Waals surface area contributed by atoms with Crippen molar-refractivity contribution in [2.45, 2.75) is 58.4 Å². The Morgan fingerprint density at radius 3 is 2.49 bits per heavy atom. The van der Waals surface area contributed by atoms with Gasteiger partial charge in [0.15, 0.2) is 11.5 Å². The van der Waals surface area contributed by atoms with Crippen LogP contribution >= 0.6 is 11.3 Å². The average Bonchev–Trinajstić information content (AvgIpc) is 3.58. The molecule has 1 aliphatic heterocycles. The molecule has 7 nitrogen and oxygen atoms in total. The molecule has 0 saturated carbocycles. The number of anilines is 1. The van der Waals surface area contributed by atoms with Crippen molar-refractivity contribution in [1.29, 1.82) is 0 Å². The molecule has 0 bridgehead atoms. The van der Waals surface area contributed by atoms with E-state index in [1.807, 2.05) is 29.7 Å². The highest BCUT2D eigenvalue weighted by molar-refractivity contribution is 7.09. The fraction of sp³-hybridized carbons (Fsp3) is 0.364. The number of pyridine rings is 1. The van der Waals surface area contributed by atoms with Crippen LogP contribution in [0.25, 0.3) is 10.9 Å². The largest absolute Gasteiger partial charge is 0.493 e. The maximum atomic E-state index is 12.7. The Labute approximate surface area is 245 Å². The molecule has 3 heterocycles. The number of aromatic nitrogens is 1. The van der Waals surface area contributed by atoms with Crippen LogP contribution in [0.4, 0.5) is 5.69 Å². The Balaban J connectivity index is 1.21. The first-order chi connectivity index (χ1) is 20.0. The van der Waals surface area contributed by atoms with Gasteiger partial charge in [-0.2, -0.15) is 0 Å². The monoisotopic (exact) mass is 571 g/mol. The molecule has 2 aromatic carbocycles. The van der Waals surface area contributed by atoms with E-state index in [0.29, 0.717) is 36.4 Å². The molecule has 5 rings (SSSR count). The number of hydrogen-bond donors (Lipinski definition) is 1. The van der Waals surface area contributed by atoms with Crippen LogP contribution in [0.1, 0.15) is 70.2 Å². The van der Waals surface area contributed by atoms with Gasteiger partial charge in [0.25, 0.3) is 11.8 Å². The lowest BCUT2D eigenvalue weighted by molar-refractivity contribution is 0.0651. The second-order valence-electron chi connectivity index (χ2n) is 10.5. The van der Waals surface area contributed by atoms with E-state index in [1.165, 1.54) is 9.78 Å². The van der Waals surface area contributed by atoms with Crippen molar-refractivity contribution >= 4 is 39.7 Å². The minimum absolute atomic E-state index is 0.0792. The first-order valence-electron chi connectivity index (χ1n) is 14.3. The van der Waals surface area contributed by atoms with Gasteiger partial charge in [0.1, 0.15) is 0 Å². The molecule has 1 atom stereocenters. The summed E-state index contributed by atoms with van der Waals surface area (Å²) in [6.45, 7) is 5.16. The van der Waals surface area contributed by atoms with Gasteiger partial charge in [-0.3, -0.25) is 19.5 Å². The third kappa shape index (κ3) is 6.38. The zero-order chi connectivity index (χ0) is 28.8. The summed E-state index contributed by atoms with van der Waals surface area (Å²) in [4.78, 5) is 32.9. The Bertz CT molecular complexity index is 1480. The number of nitrogens with one attached hydrogen (secondary N) is 1. The summed E-state index contributed by atoms with van der Waals surface area (Å²) in [5.41, 5.74) is 3.76. The number of fused-ring (bicyclic) bond motifs is 2. The number of benzene rings is 2. The lowest BCUT2D eigenvalue weighted by atomic mass is 10.1. The Morgan fingerprint density at radius 2 is 1.78 bits per heavy atom. The van der Waals surface area contributed by atoms with Gasteiger partial charge in [-0.25, -0.2) is 0 Å². The molecule has 2 aromatic heterocycles. The summed E-state index contributed by atoms with van der Waals surface area (Å²) in [5, 5.41) is 6.67. The molecule has 214 valence electrons. The summed E-state index contributed by atoms with van der Waals surface area (Å²) < 4.78 is 12.1. The van der Waals surface area contributed by atoms with E-state index >= 15 is 0 Å². The number of aryl methyl sites for hydroxylation is 2. The number of carbonyl (C=O) groups is 2. The van der Waals surface area contributed by atoms with Crippen molar-refractivity contribution in [2.75, 3.05) is 25.6 Å². The van der Waals surface area contributed by atoms with Gasteiger partial charge in [-0.1, -0.05) is 18.2 Å². The zero-order valence-corrected chi connectivity index (χ0v) is 24.8. The predicted molar refractivity (Wildman–Crippen MR) is 165 cm³/mol. The van der Waals surface area contributed by atoms with Crippen molar-refractivity contribution in [3.8, 4) is 11.5 Å². The molecule has 1 N–H and O–H groups in total. The maximum absolute atomic E-state index is 12.7. The summed E-state index contributed by atoms with van der Waals surface area (Å²) in [5.74, 6) is 0.988. The lowest BCUT2D eigenvalue weighted by Crippen LogP contribution is -2.31. The summed E-state index contributed by atoms with van der Waals surface area (Å²) in [6, 6.07) is 15.3. The van der Waals surface area contributed by atoms with Crippen LogP contribution < -0.4 is 14.8 Å². The van der Waals surface area contributed by atoms with Crippen LogP contribution in [-0.2, 0) is 6.42 Å². The summed E-state index contributed by atoms with van der Waals surface area (Å²) in [6.07, 6.45) is 7.62. The molecule has 0 aliphatic carbocycles. The number of ether oxygens (including phenoxy) is 2. The molecular weight excluding hydrogens is 534 g/mol. The van der Waals surface area contributed by atoms with Crippen LogP contribution in [0.2, 0.25) is 0 Å². The molecule has 0 radical (unpaired) electrons. The normalized spacial score (nSPS) is 13.5. The van der Waals surface area contributed by atoms with Crippen molar-refractivity contribution in [1.82, 2.24) is 9.88 Å². The number of carbonyl (C=O) groups excluding carboxylic acids is 2. The topological polar surface area (TPSA) is 80.8 Å². The van der Waals surface area contributed by atoms with Crippen LogP contribution in [0.3, 0.4) is 0 Å². The number of unbranched alkanes of at least 4 members (excludes halogenated alkanes) is 2. The van der Waals surface area contributed by atoms with E-state index in [4.69, 9.17) is 14.5 Å². The zero-order valence-electron chi connectivity index (χ0n) is 23.9. The summed E-state index contributed by atoms with van der Waals surface area (Å²) in [7, 11) is 1.66. The number of methoxy groups -OCH3 is 1. The Hall–Kier alpha value is -3.91. The van der Waals surface area contributed by atoms with Gasteiger partial charge in [-0.05, 0) is 87.6 Å². The Kier molecular flexibility index (Phi) is 9.19.